The van der Waals surface area contributed by atoms with Gasteiger partial charge in [0.25, 0.3) is 0 Å². The van der Waals surface area contributed by atoms with Crippen LogP contribution in [-0.4, -0.2) is 42.3 Å². The molecule has 0 spiro atoms. The molecule has 1 N–H and O–H groups in total. The Bertz CT molecular complexity index is 260. The summed E-state index contributed by atoms with van der Waals surface area (Å²) in [5.41, 5.74) is -0.199. The van der Waals surface area contributed by atoms with Gasteiger partial charge >= 0.3 is 112 Å². The van der Waals surface area contributed by atoms with Crippen LogP contribution < -0.4 is 0 Å². The minimum absolute atomic E-state index is 0.0791. The molecule has 7 atom stereocenters. The van der Waals surface area contributed by atoms with Crippen molar-refractivity contribution in [1.82, 2.24) is 0 Å². The summed E-state index contributed by atoms with van der Waals surface area (Å²) in [6.07, 6.45) is 0.544. The van der Waals surface area contributed by atoms with E-state index in [0.717, 1.165) is 13.5 Å². The Labute approximate surface area is 112 Å². The van der Waals surface area contributed by atoms with Crippen molar-refractivity contribution in [2.24, 2.45) is 11.8 Å². The van der Waals surface area contributed by atoms with Gasteiger partial charge < -0.3 is 0 Å². The van der Waals surface area contributed by atoms with E-state index in [9.17, 15) is 9.81 Å². The normalized spacial score (nSPS) is 40.2. The first kappa shape index (κ1) is 15.7. The number of rotatable bonds is 5. The van der Waals surface area contributed by atoms with Gasteiger partial charge in [-0.1, -0.05) is 0 Å². The van der Waals surface area contributed by atoms with E-state index in [-0.39, 0.29) is 17.7 Å². The summed E-state index contributed by atoms with van der Waals surface area (Å²) in [5, 5.41) is 9.99. The van der Waals surface area contributed by atoms with Gasteiger partial charge in [-0.2, -0.15) is 0 Å². The monoisotopic (exact) mass is 273 g/mol. The van der Waals surface area contributed by atoms with Crippen LogP contribution >= 0.6 is 21.1 Å². The van der Waals surface area contributed by atoms with Crippen molar-refractivity contribution in [2.75, 3.05) is 0 Å². The van der Waals surface area contributed by atoms with E-state index in [1.165, 1.54) is 0 Å². The fourth-order valence-corrected chi connectivity index (χ4v) is 4.03. The molecule has 0 amide bonds. The second-order valence-corrected chi connectivity index (χ2v) is 6.56. The molecule has 0 aliphatic carbocycles. The van der Waals surface area contributed by atoms with Crippen molar-refractivity contribution in [3.8, 4) is 0 Å². The Balaban J connectivity index is 2.78. The minimum atomic E-state index is -0.559. The van der Waals surface area contributed by atoms with E-state index in [1.54, 1.807) is 6.89 Å². The Hall–Kier alpha value is 0.630. The maximum absolute atomic E-state index is 10.5. The summed E-state index contributed by atoms with van der Waals surface area (Å²) in [7, 11) is 1.23. The third kappa shape index (κ3) is 3.79. The van der Waals surface area contributed by atoms with Gasteiger partial charge in [0.15, 0.2) is 0 Å². The van der Waals surface area contributed by atoms with Crippen LogP contribution in [0.3, 0.4) is 0 Å². The van der Waals surface area contributed by atoms with Crippen LogP contribution in [0.15, 0.2) is 0 Å². The molecular weight excluding hydrogens is 253 g/mol. The average Bonchev–Trinajstić information content (AvgIpc) is 2.33. The van der Waals surface area contributed by atoms with Gasteiger partial charge in [0.1, 0.15) is 0 Å². The van der Waals surface area contributed by atoms with Crippen molar-refractivity contribution in [1.29, 1.82) is 0 Å². The predicted octanol–water partition coefficient (Wildman–Crippen LogP) is 1.32. The van der Waals surface area contributed by atoms with Gasteiger partial charge in [-0.05, 0) is 0 Å². The standard InChI is InChI=1S/C10H20B2O3PS/c1-4-5(2)8-9(16-12-11-14)6(3)7(13)10(17)15-8/h5-10,13,16-17H,4H2,1-3H3/t5-,6+,7?,8?,9-,10?/m0/s1. The molecular formula is C10H20B2O3PS. The maximum atomic E-state index is 10.5. The molecule has 1 saturated heterocycles. The molecule has 1 rings (SSSR count). The van der Waals surface area contributed by atoms with E-state index in [0.29, 0.717) is 14.4 Å². The second kappa shape index (κ2) is 7.28. The van der Waals surface area contributed by atoms with E-state index in [2.05, 4.69) is 26.5 Å². The molecule has 0 bridgehead atoms. The van der Waals surface area contributed by atoms with Crippen LogP contribution in [0.5, 0.6) is 0 Å². The van der Waals surface area contributed by atoms with Crippen molar-refractivity contribution >= 4 is 35.0 Å². The molecule has 0 aromatic heterocycles. The fraction of sp³-hybridized carbons (Fsp3) is 1.00. The summed E-state index contributed by atoms with van der Waals surface area (Å²) in [4.78, 5) is 0. The molecule has 1 fully saturated rings. The quantitative estimate of drug-likeness (QED) is 0.451. The zero-order valence-corrected chi connectivity index (χ0v) is 12.4. The SMILES string of the molecule is CC[C@H](C)C1OC(S)C(O)[C@@H](C)[C@@H]1P[B]B=O. The topological polar surface area (TPSA) is 46.5 Å². The number of thiol groups is 1. The van der Waals surface area contributed by atoms with Crippen molar-refractivity contribution in [3.63, 3.8) is 0 Å². The first-order chi connectivity index (χ1) is 8.02. The zero-order valence-electron chi connectivity index (χ0n) is 10.5. The molecule has 3 nitrogen and oxygen atoms in total. The molecule has 7 heteroatoms. The van der Waals surface area contributed by atoms with Crippen LogP contribution in [0.1, 0.15) is 27.2 Å². The van der Waals surface area contributed by atoms with Gasteiger partial charge in [-0.3, -0.25) is 0 Å². The third-order valence-corrected chi connectivity index (χ3v) is 5.60. The van der Waals surface area contributed by atoms with Gasteiger partial charge in [-0.15, -0.1) is 0 Å². The number of hydrogen-bond acceptors (Lipinski definition) is 4. The molecule has 0 saturated carbocycles. The third-order valence-electron chi connectivity index (χ3n) is 3.61. The van der Waals surface area contributed by atoms with Crippen molar-refractivity contribution in [2.45, 2.75) is 50.5 Å². The molecule has 1 aliphatic rings. The number of hydrogen-bond donors (Lipinski definition) is 2. The summed E-state index contributed by atoms with van der Waals surface area (Å²) in [6, 6.07) is 0. The number of ether oxygens (including phenoxy) is 1. The summed E-state index contributed by atoms with van der Waals surface area (Å²) >= 11 is 4.29. The average molecular weight is 273 g/mol. The van der Waals surface area contributed by atoms with Crippen LogP contribution in [0.2, 0.25) is 0 Å². The zero-order chi connectivity index (χ0) is 13.0. The first-order valence-electron chi connectivity index (χ1n) is 6.07. The van der Waals surface area contributed by atoms with E-state index < -0.39 is 11.5 Å². The Morgan fingerprint density at radius 2 is 2.24 bits per heavy atom. The molecule has 1 radical (unpaired) electrons. The fourth-order valence-electron chi connectivity index (χ4n) is 2.21. The molecule has 0 aromatic carbocycles. The van der Waals surface area contributed by atoms with Crippen molar-refractivity contribution < 1.29 is 14.5 Å². The van der Waals surface area contributed by atoms with E-state index >= 15 is 0 Å². The predicted molar refractivity (Wildman–Crippen MR) is 76.6 cm³/mol. The van der Waals surface area contributed by atoms with Crippen LogP contribution in [0, 0.1) is 11.8 Å². The first-order valence-corrected chi connectivity index (χ1v) is 7.74. The van der Waals surface area contributed by atoms with Gasteiger partial charge in [0.05, 0.1) is 0 Å². The van der Waals surface area contributed by atoms with Gasteiger partial charge in [0, 0.05) is 0 Å². The van der Waals surface area contributed by atoms with Crippen LogP contribution in [0.4, 0.5) is 0 Å². The van der Waals surface area contributed by atoms with Crippen LogP contribution in [-0.2, 0) is 9.44 Å². The summed E-state index contributed by atoms with van der Waals surface area (Å²) in [6.45, 7) is 7.93. The molecule has 0 aromatic rings. The Morgan fingerprint density at radius 1 is 1.59 bits per heavy atom. The van der Waals surface area contributed by atoms with Crippen LogP contribution in [0.25, 0.3) is 0 Å². The molecule has 4 unspecified atom stereocenters. The Kier molecular flexibility index (Phi) is 6.71. The Morgan fingerprint density at radius 3 is 2.76 bits per heavy atom. The molecule has 1 aliphatic heterocycles. The molecule has 1 heterocycles. The molecule has 17 heavy (non-hydrogen) atoms. The van der Waals surface area contributed by atoms with Gasteiger partial charge in [0.2, 0.25) is 0 Å². The van der Waals surface area contributed by atoms with Crippen molar-refractivity contribution in [3.05, 3.63) is 0 Å². The second-order valence-electron chi connectivity index (χ2n) is 4.72. The summed E-state index contributed by atoms with van der Waals surface area (Å²) < 4.78 is 16.3. The number of aliphatic hydroxyl groups excluding tert-OH is 1. The van der Waals surface area contributed by atoms with Gasteiger partial charge in [-0.25, -0.2) is 0 Å². The van der Waals surface area contributed by atoms with E-state index in [4.69, 9.17) is 4.74 Å². The van der Waals surface area contributed by atoms with E-state index in [1.807, 2.05) is 6.92 Å². The number of aliphatic hydroxyl groups is 1. The molecule has 95 valence electrons. The summed E-state index contributed by atoms with van der Waals surface area (Å²) in [5.74, 6) is 0.525.